The molecule has 0 amide bonds. The van der Waals surface area contributed by atoms with Gasteiger partial charge in [0.2, 0.25) is 0 Å². The Morgan fingerprint density at radius 3 is 2.44 bits per heavy atom. The molecule has 0 heterocycles. The summed E-state index contributed by atoms with van der Waals surface area (Å²) in [7, 11) is 1.08. The molecular weight excluding hydrogens is 291 g/mol. The molecule has 0 radical (unpaired) electrons. The number of rotatable bonds is 1. The molecule has 88 valence electrons. The third-order valence-electron chi connectivity index (χ3n) is 1.86. The first-order chi connectivity index (χ1) is 7.27. The van der Waals surface area contributed by atoms with Gasteiger partial charge in [-0.2, -0.15) is 13.2 Å². The summed E-state index contributed by atoms with van der Waals surface area (Å²) in [6.45, 7) is 0. The molecule has 0 fully saturated rings. The number of methoxy groups -OCH3 is 1. The van der Waals surface area contributed by atoms with E-state index in [0.717, 1.165) is 7.11 Å². The number of hydrogen-bond acceptors (Lipinski definition) is 3. The Morgan fingerprint density at radius 2 is 2.00 bits per heavy atom. The van der Waals surface area contributed by atoms with Crippen LogP contribution in [0.25, 0.3) is 0 Å². The molecule has 0 aromatic heterocycles. The quantitative estimate of drug-likeness (QED) is 0.640. The van der Waals surface area contributed by atoms with Crippen LogP contribution in [0, 0.1) is 0 Å². The van der Waals surface area contributed by atoms with E-state index in [4.69, 9.17) is 5.73 Å². The van der Waals surface area contributed by atoms with E-state index in [2.05, 4.69) is 20.7 Å². The molecule has 0 bridgehead atoms. The monoisotopic (exact) mass is 297 g/mol. The van der Waals surface area contributed by atoms with Gasteiger partial charge in [0.15, 0.2) is 0 Å². The summed E-state index contributed by atoms with van der Waals surface area (Å²) in [5, 5.41) is 0. The minimum absolute atomic E-state index is 0.00252. The number of carbonyl (C=O) groups is 1. The number of hydrogen-bond donors (Lipinski definition) is 1. The van der Waals surface area contributed by atoms with Crippen molar-refractivity contribution in [1.29, 1.82) is 0 Å². The van der Waals surface area contributed by atoms with Crippen LogP contribution in [-0.4, -0.2) is 13.1 Å². The lowest BCUT2D eigenvalue weighted by atomic mass is 10.1. The Morgan fingerprint density at radius 1 is 1.44 bits per heavy atom. The fourth-order valence-electron chi connectivity index (χ4n) is 1.09. The Hall–Kier alpha value is -1.24. The van der Waals surface area contributed by atoms with Gasteiger partial charge in [-0.05, 0) is 28.1 Å². The molecule has 7 heteroatoms. The highest BCUT2D eigenvalue weighted by Crippen LogP contribution is 2.37. The van der Waals surface area contributed by atoms with Crippen molar-refractivity contribution in [3.05, 3.63) is 27.7 Å². The summed E-state index contributed by atoms with van der Waals surface area (Å²) in [6, 6.07) is 1.84. The van der Waals surface area contributed by atoms with Crippen molar-refractivity contribution in [2.24, 2.45) is 0 Å². The summed E-state index contributed by atoms with van der Waals surface area (Å²) in [5.74, 6) is -0.855. The van der Waals surface area contributed by atoms with E-state index in [-0.39, 0.29) is 10.0 Å². The average Bonchev–Trinajstić information content (AvgIpc) is 2.18. The Labute approximate surface area is 97.5 Å². The number of alkyl halides is 3. The van der Waals surface area contributed by atoms with E-state index in [9.17, 15) is 18.0 Å². The summed E-state index contributed by atoms with van der Waals surface area (Å²) < 4.78 is 41.9. The van der Waals surface area contributed by atoms with Gasteiger partial charge in [-0.15, -0.1) is 0 Å². The second-order valence-electron chi connectivity index (χ2n) is 2.91. The predicted octanol–water partition coefficient (Wildman–Crippen LogP) is 2.84. The lowest BCUT2D eigenvalue weighted by molar-refractivity contribution is -0.136. The van der Waals surface area contributed by atoms with E-state index in [1.165, 1.54) is 6.07 Å². The smallest absolute Gasteiger partial charge is 0.418 e. The number of anilines is 1. The lowest BCUT2D eigenvalue weighted by Gasteiger charge is -2.12. The van der Waals surface area contributed by atoms with E-state index >= 15 is 0 Å². The van der Waals surface area contributed by atoms with Crippen LogP contribution in [0.2, 0.25) is 0 Å². The molecular formula is C9H7BrF3NO2. The summed E-state index contributed by atoms with van der Waals surface area (Å²) in [5.41, 5.74) is 3.52. The molecule has 0 aliphatic rings. The molecule has 2 N–H and O–H groups in total. The van der Waals surface area contributed by atoms with E-state index in [0.29, 0.717) is 6.07 Å². The van der Waals surface area contributed by atoms with Crippen LogP contribution in [0.4, 0.5) is 18.9 Å². The van der Waals surface area contributed by atoms with Crippen LogP contribution >= 0.6 is 15.9 Å². The van der Waals surface area contributed by atoms with Gasteiger partial charge in [0, 0.05) is 4.47 Å². The van der Waals surface area contributed by atoms with Crippen LogP contribution in [0.15, 0.2) is 16.6 Å². The van der Waals surface area contributed by atoms with Gasteiger partial charge < -0.3 is 10.5 Å². The predicted molar refractivity (Wildman–Crippen MR) is 54.9 cm³/mol. The summed E-state index contributed by atoms with van der Waals surface area (Å²) in [6.07, 6.45) is -4.61. The summed E-state index contributed by atoms with van der Waals surface area (Å²) in [4.78, 5) is 11.1. The first kappa shape index (κ1) is 12.8. The number of carbonyl (C=O) groups excluding carboxylic acids is 1. The van der Waals surface area contributed by atoms with Crippen LogP contribution in [0.5, 0.6) is 0 Å². The fourth-order valence-corrected chi connectivity index (χ4v) is 1.55. The van der Waals surface area contributed by atoms with Crippen molar-refractivity contribution in [3.63, 3.8) is 0 Å². The van der Waals surface area contributed by atoms with Crippen LogP contribution in [0.1, 0.15) is 15.9 Å². The van der Waals surface area contributed by atoms with Crippen molar-refractivity contribution in [2.75, 3.05) is 12.8 Å². The fraction of sp³-hybridized carbons (Fsp3) is 0.222. The third kappa shape index (κ3) is 2.46. The number of ether oxygens (including phenoxy) is 1. The Balaban J connectivity index is 3.39. The number of esters is 1. The molecule has 1 aromatic rings. The molecule has 0 aliphatic carbocycles. The Kier molecular flexibility index (Phi) is 3.47. The molecule has 3 nitrogen and oxygen atoms in total. The van der Waals surface area contributed by atoms with Crippen molar-refractivity contribution in [2.45, 2.75) is 6.18 Å². The number of halogens is 4. The largest absolute Gasteiger partial charge is 0.465 e. The molecule has 16 heavy (non-hydrogen) atoms. The van der Waals surface area contributed by atoms with E-state index in [1.54, 1.807) is 0 Å². The van der Waals surface area contributed by atoms with Gasteiger partial charge >= 0.3 is 12.1 Å². The molecule has 0 spiro atoms. The number of nitrogens with two attached hydrogens (primary N) is 1. The second-order valence-corrected chi connectivity index (χ2v) is 3.76. The highest BCUT2D eigenvalue weighted by molar-refractivity contribution is 9.10. The van der Waals surface area contributed by atoms with Gasteiger partial charge in [-0.1, -0.05) is 0 Å². The van der Waals surface area contributed by atoms with Gasteiger partial charge in [-0.25, -0.2) is 4.79 Å². The maximum Gasteiger partial charge on any atom is 0.418 e. The van der Waals surface area contributed by atoms with Crippen LogP contribution < -0.4 is 5.73 Å². The maximum atomic E-state index is 12.5. The third-order valence-corrected chi connectivity index (χ3v) is 2.51. The van der Waals surface area contributed by atoms with E-state index in [1.807, 2.05) is 0 Å². The zero-order valence-electron chi connectivity index (χ0n) is 8.06. The standard InChI is InChI=1S/C9H7BrF3NO2/c1-16-8(15)4-2-5(9(11,12)13)7(14)6(10)3-4/h2-3H,14H2,1H3. The number of benzene rings is 1. The van der Waals surface area contributed by atoms with Crippen molar-refractivity contribution in [3.8, 4) is 0 Å². The van der Waals surface area contributed by atoms with Gasteiger partial charge in [0.25, 0.3) is 0 Å². The zero-order valence-corrected chi connectivity index (χ0v) is 9.65. The molecule has 0 unspecified atom stereocenters. The molecule has 0 saturated heterocycles. The highest BCUT2D eigenvalue weighted by Gasteiger charge is 2.34. The zero-order chi connectivity index (χ0) is 12.5. The molecule has 0 aliphatic heterocycles. The SMILES string of the molecule is COC(=O)c1cc(Br)c(N)c(C(F)(F)F)c1. The molecule has 0 saturated carbocycles. The average molecular weight is 298 g/mol. The second kappa shape index (κ2) is 4.32. The maximum absolute atomic E-state index is 12.5. The van der Waals surface area contributed by atoms with Crippen LogP contribution in [0.3, 0.4) is 0 Å². The van der Waals surface area contributed by atoms with Gasteiger partial charge in [0.1, 0.15) is 0 Å². The lowest BCUT2D eigenvalue weighted by Crippen LogP contribution is -2.12. The van der Waals surface area contributed by atoms with Crippen molar-refractivity contribution >= 4 is 27.6 Å². The van der Waals surface area contributed by atoms with Gasteiger partial charge in [-0.3, -0.25) is 0 Å². The van der Waals surface area contributed by atoms with Gasteiger partial charge in [0.05, 0.1) is 23.9 Å². The molecule has 1 aromatic carbocycles. The molecule has 0 atom stereocenters. The minimum Gasteiger partial charge on any atom is -0.465 e. The Bertz CT molecular complexity index is 431. The normalized spacial score (nSPS) is 11.3. The summed E-state index contributed by atoms with van der Waals surface area (Å²) >= 11 is 2.85. The van der Waals surface area contributed by atoms with Crippen LogP contribution in [-0.2, 0) is 10.9 Å². The topological polar surface area (TPSA) is 52.3 Å². The highest BCUT2D eigenvalue weighted by atomic mass is 79.9. The molecule has 1 rings (SSSR count). The first-order valence-corrected chi connectivity index (χ1v) is 4.81. The van der Waals surface area contributed by atoms with E-state index < -0.39 is 23.4 Å². The first-order valence-electron chi connectivity index (χ1n) is 4.02. The van der Waals surface area contributed by atoms with Crippen molar-refractivity contribution in [1.82, 2.24) is 0 Å². The number of nitrogen functional groups attached to an aromatic ring is 1. The van der Waals surface area contributed by atoms with Crippen molar-refractivity contribution < 1.29 is 22.7 Å². The minimum atomic E-state index is -4.61.